The van der Waals surface area contributed by atoms with Crippen molar-refractivity contribution in [3.63, 3.8) is 0 Å². The van der Waals surface area contributed by atoms with Gasteiger partial charge in [-0.1, -0.05) is 0 Å². The molecule has 0 aliphatic heterocycles. The van der Waals surface area contributed by atoms with E-state index in [2.05, 4.69) is 16.0 Å². The van der Waals surface area contributed by atoms with Gasteiger partial charge < -0.3 is 16.0 Å². The van der Waals surface area contributed by atoms with Crippen LogP contribution in [0, 0.1) is 17.5 Å². The molecule has 0 spiro atoms. The zero-order valence-corrected chi connectivity index (χ0v) is 13.5. The SMILES string of the molecule is CC(=O)Nc1ccc(N[C@@H](C)C(=O)Nc2ccc(F)c(F)c2F)cc1. The fourth-order valence-electron chi connectivity index (χ4n) is 2.03. The maximum Gasteiger partial charge on any atom is 0.246 e. The molecule has 0 unspecified atom stereocenters. The number of benzene rings is 2. The van der Waals surface area contributed by atoms with Crippen LogP contribution < -0.4 is 16.0 Å². The van der Waals surface area contributed by atoms with Crippen molar-refractivity contribution in [2.45, 2.75) is 19.9 Å². The Bertz CT molecular complexity index is 794. The molecule has 2 aromatic rings. The molecule has 2 aromatic carbocycles. The minimum absolute atomic E-state index is 0.206. The number of amides is 2. The van der Waals surface area contributed by atoms with Crippen molar-refractivity contribution in [2.24, 2.45) is 0 Å². The molecule has 0 fully saturated rings. The highest BCUT2D eigenvalue weighted by Gasteiger charge is 2.18. The molecule has 132 valence electrons. The van der Waals surface area contributed by atoms with Crippen LogP contribution in [0.2, 0.25) is 0 Å². The van der Waals surface area contributed by atoms with Crippen molar-refractivity contribution in [2.75, 3.05) is 16.0 Å². The van der Waals surface area contributed by atoms with Crippen molar-refractivity contribution >= 4 is 28.9 Å². The van der Waals surface area contributed by atoms with Crippen LogP contribution in [-0.2, 0) is 9.59 Å². The summed E-state index contributed by atoms with van der Waals surface area (Å²) in [6, 6.07) is 7.47. The summed E-state index contributed by atoms with van der Waals surface area (Å²) in [7, 11) is 0. The molecule has 0 heterocycles. The molecule has 0 saturated carbocycles. The van der Waals surface area contributed by atoms with Gasteiger partial charge >= 0.3 is 0 Å². The Hall–Kier alpha value is -3.03. The van der Waals surface area contributed by atoms with Crippen LogP contribution in [0.4, 0.5) is 30.2 Å². The second kappa shape index (κ2) is 7.69. The number of hydrogen-bond acceptors (Lipinski definition) is 3. The summed E-state index contributed by atoms with van der Waals surface area (Å²) >= 11 is 0. The molecule has 0 saturated heterocycles. The summed E-state index contributed by atoms with van der Waals surface area (Å²) < 4.78 is 39.6. The van der Waals surface area contributed by atoms with Gasteiger partial charge in [-0.2, -0.15) is 0 Å². The van der Waals surface area contributed by atoms with E-state index in [0.29, 0.717) is 11.4 Å². The van der Waals surface area contributed by atoms with Gasteiger partial charge in [0.15, 0.2) is 17.5 Å². The van der Waals surface area contributed by atoms with E-state index in [4.69, 9.17) is 0 Å². The van der Waals surface area contributed by atoms with Crippen LogP contribution in [0.1, 0.15) is 13.8 Å². The first-order chi connectivity index (χ1) is 11.8. The summed E-state index contributed by atoms with van der Waals surface area (Å²) in [5, 5.41) is 7.67. The summed E-state index contributed by atoms with van der Waals surface area (Å²) in [4.78, 5) is 23.0. The van der Waals surface area contributed by atoms with E-state index in [9.17, 15) is 22.8 Å². The predicted molar refractivity (Wildman–Crippen MR) is 88.8 cm³/mol. The summed E-state index contributed by atoms with van der Waals surface area (Å²) in [6.07, 6.45) is 0. The van der Waals surface area contributed by atoms with Crippen molar-refractivity contribution in [3.05, 3.63) is 53.8 Å². The number of hydrogen-bond donors (Lipinski definition) is 3. The van der Waals surface area contributed by atoms with Gasteiger partial charge in [0.25, 0.3) is 0 Å². The minimum Gasteiger partial charge on any atom is -0.374 e. The third-order valence-electron chi connectivity index (χ3n) is 3.27. The van der Waals surface area contributed by atoms with Gasteiger partial charge in [-0.05, 0) is 43.3 Å². The summed E-state index contributed by atoms with van der Waals surface area (Å²) in [6.45, 7) is 2.91. The molecule has 3 N–H and O–H groups in total. The standard InChI is InChI=1S/C17H16F3N3O2/c1-9(21-11-3-5-12(6-4-11)22-10(2)24)17(25)23-14-8-7-13(18)15(19)16(14)20/h3-9,21H,1-2H3,(H,22,24)(H,23,25)/t9-/m0/s1. The molecule has 8 heteroatoms. The normalized spacial score (nSPS) is 11.6. The minimum atomic E-state index is -1.65. The van der Waals surface area contributed by atoms with Gasteiger partial charge in [-0.3, -0.25) is 9.59 Å². The number of carbonyl (C=O) groups is 2. The van der Waals surface area contributed by atoms with E-state index in [1.54, 1.807) is 24.3 Å². The van der Waals surface area contributed by atoms with E-state index in [0.717, 1.165) is 12.1 Å². The first-order valence-electron chi connectivity index (χ1n) is 7.36. The Kier molecular flexibility index (Phi) is 5.63. The maximum absolute atomic E-state index is 13.6. The average molecular weight is 351 g/mol. The largest absolute Gasteiger partial charge is 0.374 e. The van der Waals surface area contributed by atoms with E-state index in [-0.39, 0.29) is 5.91 Å². The fraction of sp³-hybridized carbons (Fsp3) is 0.176. The lowest BCUT2D eigenvalue weighted by Gasteiger charge is -2.16. The molecular weight excluding hydrogens is 335 g/mol. The lowest BCUT2D eigenvalue weighted by Crippen LogP contribution is -2.32. The Balaban J connectivity index is 2.01. The molecule has 5 nitrogen and oxygen atoms in total. The first kappa shape index (κ1) is 18.3. The lowest BCUT2D eigenvalue weighted by atomic mass is 10.2. The van der Waals surface area contributed by atoms with Crippen LogP contribution in [0.5, 0.6) is 0 Å². The summed E-state index contributed by atoms with van der Waals surface area (Å²) in [5.74, 6) is -5.27. The molecule has 0 bridgehead atoms. The highest BCUT2D eigenvalue weighted by molar-refractivity contribution is 5.96. The Morgan fingerprint density at radius 1 is 0.880 bits per heavy atom. The molecule has 2 rings (SSSR count). The number of halogens is 3. The van der Waals surface area contributed by atoms with Crippen molar-refractivity contribution in [1.29, 1.82) is 0 Å². The van der Waals surface area contributed by atoms with Crippen molar-refractivity contribution < 1.29 is 22.8 Å². The average Bonchev–Trinajstić information content (AvgIpc) is 2.56. The number of anilines is 3. The Labute approximate surface area is 142 Å². The van der Waals surface area contributed by atoms with E-state index >= 15 is 0 Å². The molecule has 0 aliphatic carbocycles. The molecule has 2 amide bonds. The number of nitrogens with one attached hydrogen (secondary N) is 3. The maximum atomic E-state index is 13.6. The zero-order valence-electron chi connectivity index (χ0n) is 13.5. The highest BCUT2D eigenvalue weighted by atomic mass is 19.2. The van der Waals surface area contributed by atoms with Crippen molar-refractivity contribution in [3.8, 4) is 0 Å². The molecule has 0 aromatic heterocycles. The monoisotopic (exact) mass is 351 g/mol. The third-order valence-corrected chi connectivity index (χ3v) is 3.27. The van der Waals surface area contributed by atoms with Gasteiger partial charge in [-0.25, -0.2) is 13.2 Å². The second-order valence-corrected chi connectivity index (χ2v) is 5.34. The lowest BCUT2D eigenvalue weighted by molar-refractivity contribution is -0.116. The number of rotatable bonds is 5. The van der Waals surface area contributed by atoms with Gasteiger partial charge in [0.2, 0.25) is 11.8 Å². The number of carbonyl (C=O) groups excluding carboxylic acids is 2. The first-order valence-corrected chi connectivity index (χ1v) is 7.36. The highest BCUT2D eigenvalue weighted by Crippen LogP contribution is 2.20. The fourth-order valence-corrected chi connectivity index (χ4v) is 2.03. The molecule has 25 heavy (non-hydrogen) atoms. The van der Waals surface area contributed by atoms with Crippen molar-refractivity contribution in [1.82, 2.24) is 0 Å². The van der Waals surface area contributed by atoms with Crippen LogP contribution >= 0.6 is 0 Å². The van der Waals surface area contributed by atoms with Crippen LogP contribution in [0.15, 0.2) is 36.4 Å². The second-order valence-electron chi connectivity index (χ2n) is 5.34. The molecule has 0 aliphatic rings. The zero-order chi connectivity index (χ0) is 18.6. The van der Waals surface area contributed by atoms with E-state index in [1.165, 1.54) is 13.8 Å². The predicted octanol–water partition coefficient (Wildman–Crippen LogP) is 3.50. The van der Waals surface area contributed by atoms with Crippen LogP contribution in [-0.4, -0.2) is 17.9 Å². The van der Waals surface area contributed by atoms with E-state index in [1.807, 2.05) is 0 Å². The molecular formula is C17H16F3N3O2. The van der Waals surface area contributed by atoms with Crippen LogP contribution in [0.25, 0.3) is 0 Å². The smallest absolute Gasteiger partial charge is 0.246 e. The third kappa shape index (κ3) is 4.72. The van der Waals surface area contributed by atoms with Gasteiger partial charge in [0.05, 0.1) is 5.69 Å². The van der Waals surface area contributed by atoms with Gasteiger partial charge in [-0.15, -0.1) is 0 Å². The summed E-state index contributed by atoms with van der Waals surface area (Å²) in [5.41, 5.74) is 0.736. The van der Waals surface area contributed by atoms with Crippen LogP contribution in [0.3, 0.4) is 0 Å². The van der Waals surface area contributed by atoms with Gasteiger partial charge in [0, 0.05) is 18.3 Å². The molecule has 1 atom stereocenters. The quantitative estimate of drug-likeness (QED) is 0.722. The molecule has 0 radical (unpaired) electrons. The van der Waals surface area contributed by atoms with E-state index < -0.39 is 35.1 Å². The topological polar surface area (TPSA) is 70.2 Å². The van der Waals surface area contributed by atoms with Gasteiger partial charge in [0.1, 0.15) is 6.04 Å². The Morgan fingerprint density at radius 3 is 2.08 bits per heavy atom. The Morgan fingerprint density at radius 2 is 1.48 bits per heavy atom.